The third-order valence-corrected chi connectivity index (χ3v) is 6.73. The number of carboxylic acid groups (broad SMARTS) is 2. The van der Waals surface area contributed by atoms with Gasteiger partial charge in [-0.05, 0) is 41.5 Å². The lowest BCUT2D eigenvalue weighted by molar-refractivity contribution is -0.139. The van der Waals surface area contributed by atoms with Crippen LogP contribution in [0.25, 0.3) is 44.1 Å². The van der Waals surface area contributed by atoms with Crippen LogP contribution in [0.5, 0.6) is 11.5 Å². The molecule has 0 bridgehead atoms. The fourth-order valence-electron chi connectivity index (χ4n) is 4.75. The number of ether oxygens (including phenoxy) is 2. The first-order valence-corrected chi connectivity index (χ1v) is 13.8. The first-order chi connectivity index (χ1) is 22.4. The molecule has 0 unspecified atom stereocenters. The van der Waals surface area contributed by atoms with E-state index >= 15 is 0 Å². The summed E-state index contributed by atoms with van der Waals surface area (Å²) in [6.07, 6.45) is 0.508. The zero-order valence-corrected chi connectivity index (χ0v) is 24.0. The maximum atomic E-state index is 10.7. The van der Waals surface area contributed by atoms with Crippen molar-refractivity contribution >= 4 is 33.5 Å². The van der Waals surface area contributed by atoms with Crippen LogP contribution in [0.4, 0.5) is 0 Å². The van der Waals surface area contributed by atoms with Crippen LogP contribution in [-0.2, 0) is 9.59 Å². The Labute approximate surface area is 260 Å². The van der Waals surface area contributed by atoms with Gasteiger partial charge in [0.05, 0.1) is 6.61 Å². The molecule has 0 aliphatic rings. The Hall–Kier alpha value is -6.80. The smallest absolute Gasteiger partial charge is 0.341 e. The van der Waals surface area contributed by atoms with Crippen molar-refractivity contribution in [3.8, 4) is 46.2 Å². The van der Waals surface area contributed by atoms with Crippen molar-refractivity contribution in [2.24, 2.45) is 0 Å². The van der Waals surface area contributed by atoms with Gasteiger partial charge in [-0.3, -0.25) is 4.79 Å². The van der Waals surface area contributed by atoms with Gasteiger partial charge in [0.15, 0.2) is 18.0 Å². The van der Waals surface area contributed by atoms with Gasteiger partial charge >= 0.3 is 11.9 Å². The van der Waals surface area contributed by atoms with Crippen LogP contribution in [0.1, 0.15) is 24.2 Å². The molecular formula is C32H24N8O6. The van der Waals surface area contributed by atoms with E-state index < -0.39 is 18.5 Å². The molecule has 6 aromatic rings. The van der Waals surface area contributed by atoms with Crippen molar-refractivity contribution < 1.29 is 29.3 Å². The lowest BCUT2D eigenvalue weighted by Crippen LogP contribution is -2.09. The predicted molar refractivity (Wildman–Crippen MR) is 164 cm³/mol. The highest BCUT2D eigenvalue weighted by molar-refractivity contribution is 6.01. The minimum Gasteiger partial charge on any atom is -0.493 e. The SMILES string of the molecule is N#Cc1n[nH]nc1-c1ccc(OCC(=O)O)c2ccccc12.N#Cc1n[nH]nc1-c1ccc(OCCCC(=O)O)c2ccccc12. The van der Waals surface area contributed by atoms with Crippen LogP contribution in [0.15, 0.2) is 72.8 Å². The number of rotatable bonds is 10. The van der Waals surface area contributed by atoms with Gasteiger partial charge in [0, 0.05) is 28.3 Å². The van der Waals surface area contributed by atoms with Gasteiger partial charge in [0.1, 0.15) is 35.0 Å². The maximum absolute atomic E-state index is 10.7. The van der Waals surface area contributed by atoms with Gasteiger partial charge in [0.2, 0.25) is 0 Å². The third kappa shape index (κ3) is 6.72. The molecule has 46 heavy (non-hydrogen) atoms. The fourth-order valence-corrected chi connectivity index (χ4v) is 4.75. The fraction of sp³-hybridized carbons (Fsp3) is 0.125. The largest absolute Gasteiger partial charge is 0.493 e. The van der Waals surface area contributed by atoms with Gasteiger partial charge < -0.3 is 19.7 Å². The molecule has 14 heteroatoms. The molecule has 0 saturated carbocycles. The Morgan fingerprint density at radius 2 is 1.13 bits per heavy atom. The highest BCUT2D eigenvalue weighted by Gasteiger charge is 2.16. The first-order valence-electron chi connectivity index (χ1n) is 13.8. The van der Waals surface area contributed by atoms with E-state index in [9.17, 15) is 9.59 Å². The second kappa shape index (κ2) is 14.1. The van der Waals surface area contributed by atoms with Gasteiger partial charge in [0.25, 0.3) is 0 Å². The number of aliphatic carboxylic acids is 2. The molecule has 0 aliphatic heterocycles. The highest BCUT2D eigenvalue weighted by atomic mass is 16.5. The second-order valence-corrected chi connectivity index (χ2v) is 9.61. The average Bonchev–Trinajstić information content (AvgIpc) is 3.75. The van der Waals surface area contributed by atoms with Gasteiger partial charge in [-0.1, -0.05) is 48.5 Å². The van der Waals surface area contributed by atoms with E-state index in [4.69, 9.17) is 30.2 Å². The minimum absolute atomic E-state index is 0.0699. The molecule has 0 atom stereocenters. The van der Waals surface area contributed by atoms with Crippen molar-refractivity contribution in [2.45, 2.75) is 12.8 Å². The van der Waals surface area contributed by atoms with Crippen molar-refractivity contribution in [3.05, 3.63) is 84.2 Å². The summed E-state index contributed by atoms with van der Waals surface area (Å²) in [4.78, 5) is 21.2. The van der Waals surface area contributed by atoms with Crippen molar-refractivity contribution in [1.29, 1.82) is 10.5 Å². The van der Waals surface area contributed by atoms with Crippen LogP contribution in [0.3, 0.4) is 0 Å². The molecule has 0 spiro atoms. The summed E-state index contributed by atoms with van der Waals surface area (Å²) < 4.78 is 11.0. The topological polar surface area (TPSA) is 224 Å². The number of aromatic nitrogens is 6. The van der Waals surface area contributed by atoms with Gasteiger partial charge in [-0.25, -0.2) is 4.79 Å². The number of fused-ring (bicyclic) bond motifs is 2. The van der Waals surface area contributed by atoms with E-state index in [0.29, 0.717) is 35.9 Å². The summed E-state index contributed by atoms with van der Waals surface area (Å²) in [5, 5.41) is 59.6. The van der Waals surface area contributed by atoms with Crippen LogP contribution in [-0.4, -0.2) is 66.2 Å². The minimum atomic E-state index is -1.04. The second-order valence-electron chi connectivity index (χ2n) is 9.61. The zero-order chi connectivity index (χ0) is 32.5. The first kappa shape index (κ1) is 30.7. The van der Waals surface area contributed by atoms with E-state index in [2.05, 4.69) is 30.8 Å². The Morgan fingerprint density at radius 3 is 1.59 bits per heavy atom. The molecule has 2 heterocycles. The van der Waals surface area contributed by atoms with Gasteiger partial charge in [-0.2, -0.15) is 31.1 Å². The van der Waals surface area contributed by atoms with Crippen molar-refractivity contribution in [2.75, 3.05) is 13.2 Å². The number of H-pyrrole nitrogens is 2. The summed E-state index contributed by atoms with van der Waals surface area (Å²) in [6.45, 7) is -0.0974. The maximum Gasteiger partial charge on any atom is 0.341 e. The molecule has 6 rings (SSSR count). The molecule has 4 aromatic carbocycles. The van der Waals surface area contributed by atoms with Crippen molar-refractivity contribution in [1.82, 2.24) is 30.8 Å². The molecule has 4 N–H and O–H groups in total. The lowest BCUT2D eigenvalue weighted by Gasteiger charge is -2.11. The number of nitrogens with one attached hydrogen (secondary N) is 2. The number of hydrogen-bond donors (Lipinski definition) is 4. The number of nitrogens with zero attached hydrogens (tertiary/aromatic N) is 6. The Morgan fingerprint density at radius 1 is 0.652 bits per heavy atom. The van der Waals surface area contributed by atoms with Crippen LogP contribution < -0.4 is 9.47 Å². The van der Waals surface area contributed by atoms with Gasteiger partial charge in [-0.15, -0.1) is 10.2 Å². The quantitative estimate of drug-likeness (QED) is 0.154. The molecule has 2 aromatic heterocycles. The number of carbonyl (C=O) groups is 2. The van der Waals surface area contributed by atoms with Crippen LogP contribution in [0, 0.1) is 22.7 Å². The Balaban J connectivity index is 0.000000182. The van der Waals surface area contributed by atoms with Crippen LogP contribution >= 0.6 is 0 Å². The monoisotopic (exact) mass is 616 g/mol. The molecule has 0 radical (unpaired) electrons. The summed E-state index contributed by atoms with van der Waals surface area (Å²) >= 11 is 0. The predicted octanol–water partition coefficient (Wildman–Crippen LogP) is 4.70. The normalized spacial score (nSPS) is 10.4. The molecule has 0 fully saturated rings. The van der Waals surface area contributed by atoms with Crippen molar-refractivity contribution in [3.63, 3.8) is 0 Å². The number of benzene rings is 4. The summed E-state index contributed by atoms with van der Waals surface area (Å²) in [6, 6.07) is 26.0. The zero-order valence-electron chi connectivity index (χ0n) is 24.0. The number of hydrogen-bond acceptors (Lipinski definition) is 10. The molecule has 0 amide bonds. The standard InChI is InChI=1S/C17H14N4O3.C15H10N4O3/c18-10-14-17(20-21-19-14)13-7-8-15(24-9-3-6-16(22)23)12-5-2-1-4-11(12)13;16-7-12-15(18-19-17-12)11-5-6-13(22-8-14(20)21)10-4-2-1-3-9(10)11/h1-2,4-5,7-8H,3,6,9H2,(H,22,23)(H,19,20,21);1-6H,8H2,(H,20,21)(H,17,18,19). The van der Waals surface area contributed by atoms with E-state index in [-0.39, 0.29) is 17.8 Å². The molecule has 14 nitrogen and oxygen atoms in total. The summed E-state index contributed by atoms with van der Waals surface area (Å²) in [5.74, 6) is -0.754. The number of aromatic amines is 2. The number of carboxylic acids is 2. The Kier molecular flexibility index (Phi) is 9.40. The van der Waals surface area contributed by atoms with E-state index in [1.165, 1.54) is 0 Å². The third-order valence-electron chi connectivity index (χ3n) is 6.73. The Bertz CT molecular complexity index is 2130. The molecule has 0 aliphatic carbocycles. The van der Waals surface area contributed by atoms with E-state index in [0.717, 1.165) is 32.7 Å². The molecular weight excluding hydrogens is 592 g/mol. The molecule has 0 saturated heterocycles. The van der Waals surface area contributed by atoms with E-state index in [1.807, 2.05) is 66.7 Å². The average molecular weight is 617 g/mol. The summed E-state index contributed by atoms with van der Waals surface area (Å²) in [5.41, 5.74) is 2.88. The lowest BCUT2D eigenvalue weighted by atomic mass is 10.0. The summed E-state index contributed by atoms with van der Waals surface area (Å²) in [7, 11) is 0. The van der Waals surface area contributed by atoms with Crippen LogP contribution in [0.2, 0.25) is 0 Å². The van der Waals surface area contributed by atoms with E-state index in [1.54, 1.807) is 18.2 Å². The highest BCUT2D eigenvalue weighted by Crippen LogP contribution is 2.35. The number of nitriles is 2. The molecule has 228 valence electrons.